The Kier molecular flexibility index (Phi) is 15.6. The van der Waals surface area contributed by atoms with E-state index in [4.69, 9.17) is 9.90 Å². The molecule has 1 saturated heterocycles. The molecule has 3 heteroatoms. The lowest BCUT2D eigenvalue weighted by atomic mass is 10.0. The Morgan fingerprint density at radius 3 is 1.67 bits per heavy atom. The molecule has 1 fully saturated rings. The second-order valence-corrected chi connectivity index (χ2v) is 7.62. The maximum Gasteiger partial charge on any atom is 0.0786 e. The van der Waals surface area contributed by atoms with E-state index >= 15 is 0 Å². The van der Waals surface area contributed by atoms with Crippen molar-refractivity contribution in [3.8, 4) is 0 Å². The first-order valence-corrected chi connectivity index (χ1v) is 10.6. The molecule has 1 rings (SSSR count). The van der Waals surface area contributed by atoms with Crippen LogP contribution in [0.1, 0.15) is 104 Å². The van der Waals surface area contributed by atoms with E-state index in [1.807, 2.05) is 0 Å². The van der Waals surface area contributed by atoms with Crippen molar-refractivity contribution in [1.29, 1.82) is 0 Å². The highest BCUT2D eigenvalue weighted by molar-refractivity contribution is 5.60. The van der Waals surface area contributed by atoms with Gasteiger partial charge < -0.3 is 14.4 Å². The number of hydrogen-bond donors (Lipinski definition) is 0. The predicted molar refractivity (Wildman–Crippen MR) is 102 cm³/mol. The van der Waals surface area contributed by atoms with Crippen LogP contribution in [0.5, 0.6) is 0 Å². The summed E-state index contributed by atoms with van der Waals surface area (Å²) in [6.07, 6.45) is 19.0. The number of carboxylic acids is 1. The molecule has 0 unspecified atom stereocenters. The molecular weight excluding hydrogens is 298 g/mol. The van der Waals surface area contributed by atoms with Gasteiger partial charge in [-0.15, -0.1) is 0 Å². The van der Waals surface area contributed by atoms with E-state index in [0.717, 1.165) is 6.92 Å². The zero-order valence-corrected chi connectivity index (χ0v) is 16.8. The Bertz CT molecular complexity index is 282. The minimum absolute atomic E-state index is 0.972. The molecule has 144 valence electrons. The third-order valence-corrected chi connectivity index (χ3v) is 5.24. The Balaban J connectivity index is 0.00000118. The topological polar surface area (TPSA) is 40.1 Å². The number of likely N-dealkylation sites (tertiary alicyclic amines) is 1. The van der Waals surface area contributed by atoms with Gasteiger partial charge in [0.25, 0.3) is 0 Å². The second-order valence-electron chi connectivity index (χ2n) is 7.62. The van der Waals surface area contributed by atoms with Gasteiger partial charge in [0.2, 0.25) is 0 Å². The number of hydrogen-bond acceptors (Lipinski definition) is 2. The monoisotopic (exact) mass is 341 g/mol. The zero-order valence-electron chi connectivity index (χ0n) is 16.8. The summed E-state index contributed by atoms with van der Waals surface area (Å²) in [5.41, 5.74) is 0. The zero-order chi connectivity index (χ0) is 18.1. The van der Waals surface area contributed by atoms with Gasteiger partial charge in [-0.25, -0.2) is 0 Å². The van der Waals surface area contributed by atoms with Gasteiger partial charge >= 0.3 is 0 Å². The molecule has 3 nitrogen and oxygen atoms in total. The van der Waals surface area contributed by atoms with E-state index in [0.29, 0.717) is 0 Å². The lowest BCUT2D eigenvalue weighted by Crippen LogP contribution is -2.52. The molecule has 0 spiro atoms. The summed E-state index contributed by atoms with van der Waals surface area (Å²) in [4.78, 5) is 8.89. The van der Waals surface area contributed by atoms with E-state index in [2.05, 4.69) is 13.8 Å². The first-order chi connectivity index (χ1) is 11.6. The summed E-state index contributed by atoms with van der Waals surface area (Å²) < 4.78 is 1.48. The third-order valence-electron chi connectivity index (χ3n) is 5.24. The average Bonchev–Trinajstić information content (AvgIpc) is 2.56. The summed E-state index contributed by atoms with van der Waals surface area (Å²) in [7, 11) is 0. The fraction of sp³-hybridized carbons (Fsp3) is 0.952. The maximum absolute atomic E-state index is 8.89. The van der Waals surface area contributed by atoms with E-state index < -0.39 is 5.97 Å². The number of carboxylic acid groups (broad SMARTS) is 1. The number of aliphatic carboxylic acids is 1. The highest BCUT2D eigenvalue weighted by atomic mass is 16.4. The van der Waals surface area contributed by atoms with Crippen molar-refractivity contribution < 1.29 is 14.4 Å². The fourth-order valence-electron chi connectivity index (χ4n) is 3.82. The van der Waals surface area contributed by atoms with Crippen molar-refractivity contribution in [3.05, 3.63) is 0 Å². The van der Waals surface area contributed by atoms with Crippen LogP contribution in [0.25, 0.3) is 0 Å². The quantitative estimate of drug-likeness (QED) is 0.382. The molecule has 0 amide bonds. The second kappa shape index (κ2) is 15.9. The van der Waals surface area contributed by atoms with Crippen LogP contribution in [0, 0.1) is 0 Å². The molecule has 0 atom stereocenters. The van der Waals surface area contributed by atoms with Crippen molar-refractivity contribution >= 4 is 5.97 Å². The lowest BCUT2D eigenvalue weighted by molar-refractivity contribution is -0.932. The summed E-state index contributed by atoms with van der Waals surface area (Å²) >= 11 is 0. The van der Waals surface area contributed by atoms with Gasteiger partial charge in [0.15, 0.2) is 0 Å². The predicted octanol–water partition coefficient (Wildman–Crippen LogP) is 4.68. The molecule has 24 heavy (non-hydrogen) atoms. The van der Waals surface area contributed by atoms with Crippen LogP contribution in [0.3, 0.4) is 0 Å². The van der Waals surface area contributed by atoms with Crippen LogP contribution in [0.4, 0.5) is 0 Å². The van der Waals surface area contributed by atoms with E-state index in [1.54, 1.807) is 0 Å². The van der Waals surface area contributed by atoms with Gasteiger partial charge in [0.1, 0.15) is 0 Å². The normalized spacial score (nSPS) is 16.3. The van der Waals surface area contributed by atoms with Crippen molar-refractivity contribution in [2.45, 2.75) is 104 Å². The SMILES string of the molecule is CC(=O)[O-].CCCCCCCCCC[N+]1(CCCC)CCCCC1. The molecule has 1 heterocycles. The lowest BCUT2D eigenvalue weighted by Gasteiger charge is -2.42. The molecule has 0 bridgehead atoms. The van der Waals surface area contributed by atoms with Crippen molar-refractivity contribution in [2.24, 2.45) is 0 Å². The van der Waals surface area contributed by atoms with Gasteiger partial charge in [0.05, 0.1) is 26.2 Å². The number of nitrogens with zero attached hydrogens (tertiary/aromatic N) is 1. The molecule has 0 aromatic rings. The van der Waals surface area contributed by atoms with Gasteiger partial charge in [-0.05, 0) is 45.4 Å². The summed E-state index contributed by atoms with van der Waals surface area (Å²) in [6, 6.07) is 0. The molecule has 0 aliphatic carbocycles. The summed E-state index contributed by atoms with van der Waals surface area (Å²) in [5.74, 6) is -1.08. The standard InChI is InChI=1S/C19H40N.C2H4O2/c1-3-5-7-8-9-10-11-13-17-20(16-6-4-2)18-14-12-15-19-20;1-2(3)4/h3-19H2,1-2H3;1H3,(H,3,4)/q+1;/p-1. The minimum Gasteiger partial charge on any atom is -0.550 e. The largest absolute Gasteiger partial charge is 0.550 e. The molecular formula is C21H43NO2. The number of carbonyl (C=O) groups excluding carboxylic acids is 1. The van der Waals surface area contributed by atoms with Gasteiger partial charge in [-0.1, -0.05) is 58.8 Å². The minimum atomic E-state index is -1.08. The van der Waals surface area contributed by atoms with Crippen molar-refractivity contribution in [3.63, 3.8) is 0 Å². The van der Waals surface area contributed by atoms with Crippen LogP contribution >= 0.6 is 0 Å². The molecule has 0 radical (unpaired) electrons. The molecule has 1 aliphatic rings. The van der Waals surface area contributed by atoms with E-state index in [-0.39, 0.29) is 0 Å². The van der Waals surface area contributed by atoms with E-state index in [1.165, 1.54) is 114 Å². The first kappa shape index (κ1) is 23.4. The molecule has 1 aliphatic heterocycles. The Hall–Kier alpha value is -0.570. The fourth-order valence-corrected chi connectivity index (χ4v) is 3.82. The first-order valence-electron chi connectivity index (χ1n) is 10.6. The number of unbranched alkanes of at least 4 members (excludes halogenated alkanes) is 8. The van der Waals surface area contributed by atoms with Crippen LogP contribution in [0.15, 0.2) is 0 Å². The van der Waals surface area contributed by atoms with Crippen molar-refractivity contribution in [1.82, 2.24) is 0 Å². The molecule has 0 aromatic heterocycles. The summed E-state index contributed by atoms with van der Waals surface area (Å²) in [6.45, 7) is 11.5. The average molecular weight is 342 g/mol. The van der Waals surface area contributed by atoms with Crippen LogP contribution < -0.4 is 5.11 Å². The van der Waals surface area contributed by atoms with Crippen LogP contribution in [-0.2, 0) is 4.79 Å². The third kappa shape index (κ3) is 13.8. The summed E-state index contributed by atoms with van der Waals surface area (Å²) in [5, 5.41) is 8.89. The Morgan fingerprint density at radius 2 is 1.17 bits per heavy atom. The highest BCUT2D eigenvalue weighted by Crippen LogP contribution is 2.22. The van der Waals surface area contributed by atoms with Gasteiger partial charge in [-0.2, -0.15) is 0 Å². The molecule has 0 N–H and O–H groups in total. The van der Waals surface area contributed by atoms with Crippen LogP contribution in [-0.4, -0.2) is 36.6 Å². The maximum atomic E-state index is 8.89. The molecule has 0 saturated carbocycles. The van der Waals surface area contributed by atoms with Gasteiger partial charge in [0, 0.05) is 5.97 Å². The Morgan fingerprint density at radius 1 is 0.750 bits per heavy atom. The number of quaternary nitrogens is 1. The number of carbonyl (C=O) groups is 1. The number of piperidine rings is 1. The van der Waals surface area contributed by atoms with E-state index in [9.17, 15) is 0 Å². The smallest absolute Gasteiger partial charge is 0.0786 e. The van der Waals surface area contributed by atoms with Crippen LogP contribution in [0.2, 0.25) is 0 Å². The number of rotatable bonds is 12. The molecule has 0 aromatic carbocycles. The van der Waals surface area contributed by atoms with Crippen molar-refractivity contribution in [2.75, 3.05) is 26.2 Å². The highest BCUT2D eigenvalue weighted by Gasteiger charge is 2.28. The van der Waals surface area contributed by atoms with Gasteiger partial charge in [-0.3, -0.25) is 0 Å². The Labute approximate surface area is 151 Å².